The Morgan fingerprint density at radius 2 is 1.68 bits per heavy atom. The zero-order chi connectivity index (χ0) is 18.4. The number of amides is 2. The highest BCUT2D eigenvalue weighted by Gasteiger charge is 2.33. The Kier molecular flexibility index (Phi) is 4.10. The van der Waals surface area contributed by atoms with Gasteiger partial charge in [-0.1, -0.05) is 45.0 Å². The number of nitrogens with one attached hydrogen (secondary N) is 1. The summed E-state index contributed by atoms with van der Waals surface area (Å²) in [5, 5.41) is 5.05. The molecule has 0 bridgehead atoms. The van der Waals surface area contributed by atoms with Crippen LogP contribution in [-0.4, -0.2) is 23.9 Å². The van der Waals surface area contributed by atoms with Crippen LogP contribution in [0.25, 0.3) is 10.8 Å². The van der Waals surface area contributed by atoms with Crippen molar-refractivity contribution in [2.45, 2.75) is 46.6 Å². The van der Waals surface area contributed by atoms with Crippen LogP contribution < -0.4 is 10.2 Å². The first-order valence-corrected chi connectivity index (χ1v) is 8.72. The third-order valence-corrected chi connectivity index (χ3v) is 4.40. The molecule has 25 heavy (non-hydrogen) atoms. The third kappa shape index (κ3) is 3.53. The summed E-state index contributed by atoms with van der Waals surface area (Å²) in [6, 6.07) is 11.5. The van der Waals surface area contributed by atoms with Crippen LogP contribution in [0.4, 0.5) is 5.69 Å². The molecule has 2 aromatic rings. The van der Waals surface area contributed by atoms with Gasteiger partial charge in [0.2, 0.25) is 5.91 Å². The van der Waals surface area contributed by atoms with Gasteiger partial charge in [0, 0.05) is 16.5 Å². The lowest BCUT2D eigenvalue weighted by atomic mass is 9.82. The van der Waals surface area contributed by atoms with Gasteiger partial charge in [0.1, 0.15) is 6.54 Å². The molecule has 1 aliphatic heterocycles. The normalized spacial score (nSPS) is 14.3. The zero-order valence-corrected chi connectivity index (χ0v) is 15.6. The summed E-state index contributed by atoms with van der Waals surface area (Å²) in [6.45, 7) is 10.6. The molecular weight excluding hydrogens is 312 g/mol. The summed E-state index contributed by atoms with van der Waals surface area (Å²) < 4.78 is 0. The quantitative estimate of drug-likeness (QED) is 0.911. The molecule has 0 atom stereocenters. The van der Waals surface area contributed by atoms with E-state index in [4.69, 9.17) is 0 Å². The van der Waals surface area contributed by atoms with E-state index in [0.717, 1.165) is 22.9 Å². The lowest BCUT2D eigenvalue weighted by Crippen LogP contribution is -2.49. The van der Waals surface area contributed by atoms with Crippen molar-refractivity contribution in [2.75, 3.05) is 11.4 Å². The number of nitrogens with zero attached hydrogens (tertiary/aromatic N) is 1. The van der Waals surface area contributed by atoms with Gasteiger partial charge in [0.25, 0.3) is 5.91 Å². The fourth-order valence-electron chi connectivity index (χ4n) is 4.07. The molecule has 0 radical (unpaired) electrons. The molecule has 1 N–H and O–H groups in total. The van der Waals surface area contributed by atoms with Crippen molar-refractivity contribution in [3.05, 3.63) is 42.0 Å². The molecule has 0 aliphatic carbocycles. The summed E-state index contributed by atoms with van der Waals surface area (Å²) in [4.78, 5) is 26.9. The number of carbonyl (C=O) groups is 2. The molecule has 2 amide bonds. The molecule has 0 fully saturated rings. The molecular formula is C21H26N2O2. The lowest BCUT2D eigenvalue weighted by Gasteiger charge is -2.33. The molecule has 132 valence electrons. The summed E-state index contributed by atoms with van der Waals surface area (Å²) in [6.07, 6.45) is 0.857. The van der Waals surface area contributed by atoms with Gasteiger partial charge in [0.15, 0.2) is 0 Å². The monoisotopic (exact) mass is 338 g/mol. The maximum Gasteiger partial charge on any atom is 0.259 e. The molecule has 0 saturated carbocycles. The van der Waals surface area contributed by atoms with Gasteiger partial charge in [-0.05, 0) is 43.2 Å². The fraction of sp³-hybridized carbons (Fsp3) is 0.429. The first-order chi connectivity index (χ1) is 11.6. The van der Waals surface area contributed by atoms with Crippen LogP contribution in [0.1, 0.15) is 51.4 Å². The van der Waals surface area contributed by atoms with E-state index in [2.05, 4.69) is 26.1 Å². The second kappa shape index (κ2) is 5.87. The van der Waals surface area contributed by atoms with Gasteiger partial charge >= 0.3 is 0 Å². The van der Waals surface area contributed by atoms with Crippen LogP contribution in [-0.2, 0) is 4.79 Å². The first kappa shape index (κ1) is 17.5. The van der Waals surface area contributed by atoms with E-state index in [9.17, 15) is 9.59 Å². The van der Waals surface area contributed by atoms with Crippen molar-refractivity contribution in [3.8, 4) is 0 Å². The van der Waals surface area contributed by atoms with Crippen LogP contribution in [0.2, 0.25) is 0 Å². The number of carbonyl (C=O) groups excluding carboxylic acids is 2. The summed E-state index contributed by atoms with van der Waals surface area (Å²) in [5.74, 6) is -0.233. The standard InChI is InChI=1S/C21H26N2O2/c1-20(2,3)13-21(4,5)22-17(24)12-23-16-11-7-9-14-8-6-10-15(18(14)16)19(23)25/h6-11H,12-13H2,1-5H3,(H,22,24). The maximum absolute atomic E-state index is 12.8. The van der Waals surface area contributed by atoms with Crippen molar-refractivity contribution >= 4 is 28.3 Å². The second-order valence-corrected chi connectivity index (χ2v) is 8.74. The number of anilines is 1. The third-order valence-electron chi connectivity index (χ3n) is 4.40. The Morgan fingerprint density at radius 1 is 1.04 bits per heavy atom. The number of benzene rings is 2. The summed E-state index contributed by atoms with van der Waals surface area (Å²) in [7, 11) is 0. The Hall–Kier alpha value is -2.36. The molecule has 2 aromatic carbocycles. The van der Waals surface area contributed by atoms with Crippen molar-refractivity contribution in [1.82, 2.24) is 5.32 Å². The smallest absolute Gasteiger partial charge is 0.259 e. The summed E-state index contributed by atoms with van der Waals surface area (Å²) in [5.41, 5.74) is 1.29. The Balaban J connectivity index is 1.80. The minimum atomic E-state index is -0.322. The number of hydrogen-bond acceptors (Lipinski definition) is 2. The van der Waals surface area contributed by atoms with Gasteiger partial charge < -0.3 is 5.32 Å². The van der Waals surface area contributed by atoms with E-state index in [1.807, 2.05) is 50.2 Å². The SMILES string of the molecule is CC(C)(C)CC(C)(C)NC(=O)CN1C(=O)c2cccc3cccc1c23. The first-order valence-electron chi connectivity index (χ1n) is 8.72. The van der Waals surface area contributed by atoms with E-state index in [-0.39, 0.29) is 29.3 Å². The van der Waals surface area contributed by atoms with E-state index in [1.165, 1.54) is 0 Å². The van der Waals surface area contributed by atoms with Crippen LogP contribution in [0.5, 0.6) is 0 Å². The largest absolute Gasteiger partial charge is 0.350 e. The topological polar surface area (TPSA) is 49.4 Å². The van der Waals surface area contributed by atoms with Crippen molar-refractivity contribution in [2.24, 2.45) is 5.41 Å². The molecule has 1 heterocycles. The van der Waals surface area contributed by atoms with Gasteiger partial charge in [-0.25, -0.2) is 0 Å². The minimum Gasteiger partial charge on any atom is -0.350 e. The van der Waals surface area contributed by atoms with Gasteiger partial charge in [0.05, 0.1) is 5.69 Å². The Bertz CT molecular complexity index is 841. The average molecular weight is 338 g/mol. The van der Waals surface area contributed by atoms with Gasteiger partial charge in [-0.15, -0.1) is 0 Å². The second-order valence-electron chi connectivity index (χ2n) is 8.74. The molecule has 3 rings (SSSR count). The zero-order valence-electron chi connectivity index (χ0n) is 15.6. The van der Waals surface area contributed by atoms with Crippen LogP contribution in [0.15, 0.2) is 36.4 Å². The van der Waals surface area contributed by atoms with Gasteiger partial charge in [-0.2, -0.15) is 0 Å². The molecule has 4 heteroatoms. The molecule has 0 saturated heterocycles. The molecule has 4 nitrogen and oxygen atoms in total. The number of rotatable bonds is 4. The van der Waals surface area contributed by atoms with E-state index in [0.29, 0.717) is 5.56 Å². The van der Waals surface area contributed by atoms with Crippen LogP contribution in [0.3, 0.4) is 0 Å². The highest BCUT2D eigenvalue weighted by molar-refractivity contribution is 6.26. The Morgan fingerprint density at radius 3 is 2.32 bits per heavy atom. The van der Waals surface area contributed by atoms with Crippen molar-refractivity contribution < 1.29 is 9.59 Å². The lowest BCUT2D eigenvalue weighted by molar-refractivity contribution is -0.121. The van der Waals surface area contributed by atoms with Crippen LogP contribution >= 0.6 is 0 Å². The van der Waals surface area contributed by atoms with E-state index >= 15 is 0 Å². The maximum atomic E-state index is 12.8. The van der Waals surface area contributed by atoms with Crippen molar-refractivity contribution in [1.29, 1.82) is 0 Å². The highest BCUT2D eigenvalue weighted by atomic mass is 16.2. The molecule has 0 spiro atoms. The minimum absolute atomic E-state index is 0.0419. The number of hydrogen-bond donors (Lipinski definition) is 1. The summed E-state index contributed by atoms with van der Waals surface area (Å²) >= 11 is 0. The van der Waals surface area contributed by atoms with E-state index < -0.39 is 0 Å². The fourth-order valence-corrected chi connectivity index (χ4v) is 4.07. The predicted molar refractivity (Wildman–Crippen MR) is 102 cm³/mol. The van der Waals surface area contributed by atoms with Crippen LogP contribution in [0, 0.1) is 5.41 Å². The van der Waals surface area contributed by atoms with Gasteiger partial charge in [-0.3, -0.25) is 14.5 Å². The molecule has 1 aliphatic rings. The van der Waals surface area contributed by atoms with Crippen molar-refractivity contribution in [3.63, 3.8) is 0 Å². The highest BCUT2D eigenvalue weighted by Crippen LogP contribution is 2.37. The van der Waals surface area contributed by atoms with E-state index in [1.54, 1.807) is 4.90 Å². The molecule has 0 aromatic heterocycles. The molecule has 0 unspecified atom stereocenters. The average Bonchev–Trinajstić information content (AvgIpc) is 2.72. The predicted octanol–water partition coefficient (Wildman–Crippen LogP) is 4.13. The Labute approximate surface area is 149 Å².